The molecule has 2 amide bonds. The van der Waals surface area contributed by atoms with E-state index in [9.17, 15) is 29.3 Å². The van der Waals surface area contributed by atoms with Crippen molar-refractivity contribution in [3.8, 4) is 0 Å². The van der Waals surface area contributed by atoms with Crippen LogP contribution in [0, 0.1) is 10.1 Å². The van der Waals surface area contributed by atoms with Gasteiger partial charge in [-0.1, -0.05) is 36.4 Å². The van der Waals surface area contributed by atoms with E-state index in [0.29, 0.717) is 5.56 Å². The molecule has 0 unspecified atom stereocenters. The van der Waals surface area contributed by atoms with Gasteiger partial charge in [0.15, 0.2) is 12.4 Å². The van der Waals surface area contributed by atoms with E-state index in [2.05, 4.69) is 0 Å². The van der Waals surface area contributed by atoms with Crippen LogP contribution < -0.4 is 4.90 Å². The van der Waals surface area contributed by atoms with Crippen LogP contribution in [0.5, 0.6) is 0 Å². The van der Waals surface area contributed by atoms with Crippen molar-refractivity contribution in [3.05, 3.63) is 105 Å². The number of nitro groups is 1. The number of benzene rings is 3. The second-order valence-electron chi connectivity index (χ2n) is 6.81. The fourth-order valence-corrected chi connectivity index (χ4v) is 3.32. The minimum Gasteiger partial charge on any atom is -0.454 e. The highest BCUT2D eigenvalue weighted by Crippen LogP contribution is 2.33. The lowest BCUT2D eigenvalue weighted by Gasteiger charge is -2.14. The van der Waals surface area contributed by atoms with Gasteiger partial charge in [-0.05, 0) is 30.3 Å². The van der Waals surface area contributed by atoms with Crippen LogP contribution in [0.4, 0.5) is 11.4 Å². The number of hydrogen-bond acceptors (Lipinski definition) is 7. The van der Waals surface area contributed by atoms with E-state index in [1.54, 1.807) is 30.3 Å². The number of anilines is 1. The summed E-state index contributed by atoms with van der Waals surface area (Å²) in [5.74, 6) is -2.62. The number of Topliss-reactive ketones (excluding diaryl/α,β-unsaturated/α-hetero) is 1. The molecule has 0 aliphatic carbocycles. The zero-order valence-electron chi connectivity index (χ0n) is 16.4. The van der Waals surface area contributed by atoms with Crippen LogP contribution in [0.25, 0.3) is 0 Å². The minimum absolute atomic E-state index is 0.0629. The predicted octanol–water partition coefficient (Wildman–Crippen LogP) is 3.44. The normalized spacial score (nSPS) is 12.4. The summed E-state index contributed by atoms with van der Waals surface area (Å²) in [6.07, 6.45) is 0. The van der Waals surface area contributed by atoms with E-state index in [1.807, 2.05) is 0 Å². The van der Waals surface area contributed by atoms with E-state index in [4.69, 9.17) is 4.74 Å². The molecule has 32 heavy (non-hydrogen) atoms. The standard InChI is InChI=1S/C23H14N2O7/c26-19(14-5-2-1-3-6-14)13-32-23(29)15-9-11-16(12-10-15)24-21(27)17-7-4-8-18(25(30)31)20(17)22(24)28/h1-12H,13H2. The smallest absolute Gasteiger partial charge is 0.338 e. The van der Waals surface area contributed by atoms with Gasteiger partial charge in [0.2, 0.25) is 0 Å². The fourth-order valence-electron chi connectivity index (χ4n) is 3.32. The lowest BCUT2D eigenvalue weighted by Crippen LogP contribution is -2.29. The number of ether oxygens (including phenoxy) is 1. The third kappa shape index (κ3) is 3.63. The number of nitro benzene ring substituents is 1. The molecular weight excluding hydrogens is 416 g/mol. The summed E-state index contributed by atoms with van der Waals surface area (Å²) in [5.41, 5.74) is -0.126. The van der Waals surface area contributed by atoms with Crippen molar-refractivity contribution in [1.29, 1.82) is 0 Å². The van der Waals surface area contributed by atoms with Crippen LogP contribution in [0.2, 0.25) is 0 Å². The van der Waals surface area contributed by atoms with E-state index >= 15 is 0 Å². The summed E-state index contributed by atoms with van der Waals surface area (Å²) in [6, 6.07) is 17.6. The Morgan fingerprint density at radius 1 is 0.844 bits per heavy atom. The average molecular weight is 430 g/mol. The van der Waals surface area contributed by atoms with Gasteiger partial charge >= 0.3 is 5.97 Å². The van der Waals surface area contributed by atoms with Gasteiger partial charge in [-0.25, -0.2) is 9.69 Å². The molecule has 0 saturated heterocycles. The molecule has 0 spiro atoms. The van der Waals surface area contributed by atoms with Crippen molar-refractivity contribution in [2.75, 3.05) is 11.5 Å². The number of fused-ring (bicyclic) bond motifs is 1. The van der Waals surface area contributed by atoms with Crippen molar-refractivity contribution in [1.82, 2.24) is 0 Å². The Kier molecular flexibility index (Phi) is 5.30. The maximum atomic E-state index is 12.7. The molecule has 0 N–H and O–H groups in total. The Labute approximate surface area is 181 Å². The summed E-state index contributed by atoms with van der Waals surface area (Å²) in [7, 11) is 0. The molecule has 3 aromatic carbocycles. The number of rotatable bonds is 6. The van der Waals surface area contributed by atoms with E-state index in [0.717, 1.165) is 11.0 Å². The molecular formula is C23H14N2O7. The summed E-state index contributed by atoms with van der Waals surface area (Å²) < 4.78 is 5.03. The Morgan fingerprint density at radius 3 is 2.19 bits per heavy atom. The monoisotopic (exact) mass is 430 g/mol. The molecule has 0 radical (unpaired) electrons. The lowest BCUT2D eigenvalue weighted by atomic mass is 10.1. The van der Waals surface area contributed by atoms with Crippen molar-refractivity contribution >= 4 is 34.9 Å². The average Bonchev–Trinajstić information content (AvgIpc) is 3.08. The van der Waals surface area contributed by atoms with Crippen LogP contribution >= 0.6 is 0 Å². The fraction of sp³-hybridized carbons (Fsp3) is 0.0435. The number of hydrogen-bond donors (Lipinski definition) is 0. The number of nitrogens with zero attached hydrogens (tertiary/aromatic N) is 2. The number of imide groups is 1. The van der Waals surface area contributed by atoms with Crippen LogP contribution in [-0.2, 0) is 4.74 Å². The van der Waals surface area contributed by atoms with E-state index < -0.39 is 35.0 Å². The molecule has 0 fully saturated rings. The number of ketones is 1. The largest absolute Gasteiger partial charge is 0.454 e. The van der Waals surface area contributed by atoms with Gasteiger partial charge in [0.1, 0.15) is 5.56 Å². The van der Waals surface area contributed by atoms with E-state index in [-0.39, 0.29) is 28.2 Å². The topological polar surface area (TPSA) is 124 Å². The van der Waals surface area contributed by atoms with Gasteiger partial charge in [-0.2, -0.15) is 0 Å². The summed E-state index contributed by atoms with van der Waals surface area (Å²) in [5, 5.41) is 11.2. The van der Waals surface area contributed by atoms with Crippen LogP contribution in [0.15, 0.2) is 72.8 Å². The molecule has 0 aromatic heterocycles. The zero-order chi connectivity index (χ0) is 22.8. The summed E-state index contributed by atoms with van der Waals surface area (Å²) in [4.78, 5) is 61.0. The molecule has 0 saturated carbocycles. The number of esters is 1. The Hall–Kier alpha value is -4.66. The third-order valence-electron chi connectivity index (χ3n) is 4.88. The van der Waals surface area contributed by atoms with Gasteiger partial charge in [0.25, 0.3) is 17.5 Å². The van der Waals surface area contributed by atoms with E-state index in [1.165, 1.54) is 36.4 Å². The Balaban J connectivity index is 1.49. The second-order valence-corrected chi connectivity index (χ2v) is 6.81. The number of carbonyl (C=O) groups is 4. The van der Waals surface area contributed by atoms with Crippen molar-refractivity contribution in [2.24, 2.45) is 0 Å². The molecule has 1 aliphatic rings. The van der Waals surface area contributed by atoms with Gasteiger partial charge in [-0.15, -0.1) is 0 Å². The highest BCUT2D eigenvalue weighted by Gasteiger charge is 2.41. The molecule has 0 bridgehead atoms. The first-order chi connectivity index (χ1) is 15.4. The van der Waals surface area contributed by atoms with Gasteiger partial charge < -0.3 is 4.74 Å². The summed E-state index contributed by atoms with van der Waals surface area (Å²) >= 11 is 0. The van der Waals surface area contributed by atoms with Crippen LogP contribution in [0.3, 0.4) is 0 Å². The number of amides is 2. The maximum Gasteiger partial charge on any atom is 0.338 e. The van der Waals surface area contributed by atoms with Crippen molar-refractivity contribution < 1.29 is 28.8 Å². The molecule has 3 aromatic rings. The van der Waals surface area contributed by atoms with Crippen LogP contribution in [0.1, 0.15) is 41.4 Å². The highest BCUT2D eigenvalue weighted by atomic mass is 16.6. The Bertz CT molecular complexity index is 1270. The lowest BCUT2D eigenvalue weighted by molar-refractivity contribution is -0.385. The van der Waals surface area contributed by atoms with Gasteiger partial charge in [0.05, 0.1) is 21.7 Å². The first-order valence-corrected chi connectivity index (χ1v) is 9.40. The number of carbonyl (C=O) groups excluding carboxylic acids is 4. The molecule has 1 aliphatic heterocycles. The second kappa shape index (κ2) is 8.23. The zero-order valence-corrected chi connectivity index (χ0v) is 16.4. The van der Waals surface area contributed by atoms with Crippen molar-refractivity contribution in [2.45, 2.75) is 0 Å². The van der Waals surface area contributed by atoms with Crippen LogP contribution in [-0.4, -0.2) is 35.1 Å². The minimum atomic E-state index is -0.818. The molecule has 0 atom stereocenters. The highest BCUT2D eigenvalue weighted by molar-refractivity contribution is 6.35. The quantitative estimate of drug-likeness (QED) is 0.193. The molecule has 9 nitrogen and oxygen atoms in total. The first kappa shape index (κ1) is 20.6. The summed E-state index contributed by atoms with van der Waals surface area (Å²) in [6.45, 7) is -0.438. The van der Waals surface area contributed by atoms with Gasteiger partial charge in [0, 0.05) is 11.6 Å². The maximum absolute atomic E-state index is 12.7. The molecule has 1 heterocycles. The SMILES string of the molecule is O=C(COC(=O)c1ccc(N2C(=O)c3cccc([N+](=O)[O-])c3C2=O)cc1)c1ccccc1. The Morgan fingerprint density at radius 2 is 1.53 bits per heavy atom. The van der Waals surface area contributed by atoms with Crippen molar-refractivity contribution in [3.63, 3.8) is 0 Å². The third-order valence-corrected chi connectivity index (χ3v) is 4.88. The van der Waals surface area contributed by atoms with Gasteiger partial charge in [-0.3, -0.25) is 24.5 Å². The first-order valence-electron chi connectivity index (χ1n) is 9.40. The molecule has 9 heteroatoms. The molecule has 4 rings (SSSR count). The predicted molar refractivity (Wildman–Crippen MR) is 112 cm³/mol. The molecule has 158 valence electrons.